The van der Waals surface area contributed by atoms with E-state index in [0.717, 1.165) is 13.0 Å². The van der Waals surface area contributed by atoms with Gasteiger partial charge in [-0.05, 0) is 12.5 Å². The van der Waals surface area contributed by atoms with Crippen molar-refractivity contribution in [2.75, 3.05) is 18.5 Å². The van der Waals surface area contributed by atoms with Crippen LogP contribution in [0.1, 0.15) is 31.9 Å². The third-order valence-corrected chi connectivity index (χ3v) is 2.45. The van der Waals surface area contributed by atoms with Gasteiger partial charge in [0.1, 0.15) is 5.69 Å². The monoisotopic (exact) mass is 237 g/mol. The van der Waals surface area contributed by atoms with Crippen molar-refractivity contribution in [3.8, 4) is 0 Å². The van der Waals surface area contributed by atoms with Gasteiger partial charge < -0.3 is 15.8 Å². The molecule has 17 heavy (non-hydrogen) atoms. The Morgan fingerprint density at radius 2 is 2.29 bits per heavy atom. The molecule has 3 N–H and O–H groups in total. The van der Waals surface area contributed by atoms with Crippen LogP contribution in [-0.4, -0.2) is 34.6 Å². The molecule has 0 aromatic carbocycles. The minimum atomic E-state index is -0.00407. The summed E-state index contributed by atoms with van der Waals surface area (Å²) in [6.45, 7) is 3.06. The smallest absolute Gasteiger partial charge is 0.225 e. The van der Waals surface area contributed by atoms with Crippen molar-refractivity contribution >= 4 is 11.8 Å². The van der Waals surface area contributed by atoms with Gasteiger partial charge in [0, 0.05) is 19.8 Å². The maximum atomic E-state index is 8.58. The first-order valence-corrected chi connectivity index (χ1v) is 5.71. The molecule has 0 spiro atoms. The molecule has 1 heterocycles. The predicted molar refractivity (Wildman–Crippen MR) is 67.3 cm³/mol. The first-order chi connectivity index (χ1) is 8.19. The summed E-state index contributed by atoms with van der Waals surface area (Å²) in [5.74, 6) is 0.584. The van der Waals surface area contributed by atoms with Crippen LogP contribution in [0.25, 0.3) is 0 Å². The van der Waals surface area contributed by atoms with Gasteiger partial charge in [-0.25, -0.2) is 9.97 Å². The van der Waals surface area contributed by atoms with Crippen LogP contribution >= 0.6 is 0 Å². The van der Waals surface area contributed by atoms with Crippen molar-refractivity contribution in [1.29, 1.82) is 0 Å². The first kappa shape index (κ1) is 13.2. The molecule has 0 fully saturated rings. The van der Waals surface area contributed by atoms with E-state index in [2.05, 4.69) is 22.0 Å². The number of hydrogen-bond donors (Lipinski definition) is 2. The molecule has 0 unspecified atom stereocenters. The van der Waals surface area contributed by atoms with Gasteiger partial charge in [-0.2, -0.15) is 0 Å². The largest absolute Gasteiger partial charge is 0.409 e. The van der Waals surface area contributed by atoms with Crippen molar-refractivity contribution in [1.82, 2.24) is 9.97 Å². The van der Waals surface area contributed by atoms with E-state index in [1.807, 2.05) is 11.9 Å². The van der Waals surface area contributed by atoms with Gasteiger partial charge in [0.15, 0.2) is 5.84 Å². The third-order valence-electron chi connectivity index (χ3n) is 2.45. The summed E-state index contributed by atoms with van der Waals surface area (Å²) in [6.07, 6.45) is 5.07. The lowest BCUT2D eigenvalue weighted by molar-refractivity contribution is 0.318. The highest BCUT2D eigenvalue weighted by molar-refractivity contribution is 5.95. The predicted octanol–water partition coefficient (Wildman–Crippen LogP) is 1.20. The molecule has 0 aliphatic carbocycles. The lowest BCUT2D eigenvalue weighted by Crippen LogP contribution is -2.23. The van der Waals surface area contributed by atoms with E-state index in [4.69, 9.17) is 10.9 Å². The lowest BCUT2D eigenvalue weighted by Gasteiger charge is -2.16. The van der Waals surface area contributed by atoms with E-state index in [1.165, 1.54) is 12.8 Å². The van der Waals surface area contributed by atoms with Gasteiger partial charge in [0.05, 0.1) is 0 Å². The van der Waals surface area contributed by atoms with Crippen LogP contribution in [0, 0.1) is 0 Å². The summed E-state index contributed by atoms with van der Waals surface area (Å²) in [4.78, 5) is 10.3. The highest BCUT2D eigenvalue weighted by Gasteiger charge is 2.07. The van der Waals surface area contributed by atoms with Gasteiger partial charge in [-0.3, -0.25) is 0 Å². The Kier molecular flexibility index (Phi) is 5.19. The number of anilines is 1. The zero-order chi connectivity index (χ0) is 12.7. The number of unbranched alkanes of at least 4 members (excludes halogenated alkanes) is 2. The van der Waals surface area contributed by atoms with E-state index in [-0.39, 0.29) is 5.84 Å². The molecule has 0 aliphatic heterocycles. The van der Waals surface area contributed by atoms with Gasteiger partial charge in [0.2, 0.25) is 5.95 Å². The summed E-state index contributed by atoms with van der Waals surface area (Å²) < 4.78 is 0. The van der Waals surface area contributed by atoms with Gasteiger partial charge in [0.25, 0.3) is 0 Å². The van der Waals surface area contributed by atoms with Gasteiger partial charge in [-0.15, -0.1) is 0 Å². The Hall–Kier alpha value is -1.85. The topological polar surface area (TPSA) is 87.6 Å². The number of nitrogens with two attached hydrogens (primary N) is 1. The van der Waals surface area contributed by atoms with Crippen molar-refractivity contribution < 1.29 is 5.21 Å². The van der Waals surface area contributed by atoms with E-state index >= 15 is 0 Å². The van der Waals surface area contributed by atoms with Crippen molar-refractivity contribution in [3.05, 3.63) is 18.0 Å². The molecule has 94 valence electrons. The van der Waals surface area contributed by atoms with Crippen LogP contribution < -0.4 is 10.6 Å². The maximum absolute atomic E-state index is 8.58. The summed E-state index contributed by atoms with van der Waals surface area (Å²) in [5.41, 5.74) is 5.91. The van der Waals surface area contributed by atoms with Gasteiger partial charge in [-0.1, -0.05) is 24.9 Å². The van der Waals surface area contributed by atoms with Crippen molar-refractivity contribution in [2.45, 2.75) is 26.2 Å². The standard InChI is InChI=1S/C11H19N5O/c1-3-4-5-8-16(2)11-13-7-6-9(14-11)10(12)15-17/h6-7,17H,3-5,8H2,1-2H3,(H2,12,15). The van der Waals surface area contributed by atoms with Crippen LogP contribution in [0.5, 0.6) is 0 Å². The fraction of sp³-hybridized carbons (Fsp3) is 0.545. The number of oxime groups is 1. The molecule has 6 heteroatoms. The molecule has 0 saturated carbocycles. The van der Waals surface area contributed by atoms with Crippen LogP contribution in [-0.2, 0) is 0 Å². The molecule has 1 rings (SSSR count). The average Bonchev–Trinajstić information content (AvgIpc) is 2.38. The minimum absolute atomic E-state index is 0.00407. The first-order valence-electron chi connectivity index (χ1n) is 5.71. The third kappa shape index (κ3) is 3.90. The Balaban J connectivity index is 2.70. The Morgan fingerprint density at radius 1 is 1.53 bits per heavy atom. The summed E-state index contributed by atoms with van der Waals surface area (Å²) in [5, 5.41) is 11.5. The Bertz CT molecular complexity index is 380. The quantitative estimate of drug-likeness (QED) is 0.255. The zero-order valence-electron chi connectivity index (χ0n) is 10.3. The van der Waals surface area contributed by atoms with Crippen LogP contribution in [0.2, 0.25) is 0 Å². The summed E-state index contributed by atoms with van der Waals surface area (Å²) in [7, 11) is 1.93. The van der Waals surface area contributed by atoms with Crippen molar-refractivity contribution in [3.63, 3.8) is 0 Å². The lowest BCUT2D eigenvalue weighted by atomic mass is 10.2. The Morgan fingerprint density at radius 3 is 2.94 bits per heavy atom. The number of hydrogen-bond acceptors (Lipinski definition) is 5. The van der Waals surface area contributed by atoms with Crippen LogP contribution in [0.3, 0.4) is 0 Å². The molecule has 0 atom stereocenters. The van der Waals surface area contributed by atoms with Crippen molar-refractivity contribution in [2.24, 2.45) is 10.9 Å². The van der Waals surface area contributed by atoms with E-state index < -0.39 is 0 Å². The maximum Gasteiger partial charge on any atom is 0.225 e. The van der Waals surface area contributed by atoms with Crippen LogP contribution in [0.4, 0.5) is 5.95 Å². The molecule has 1 aromatic heterocycles. The second-order valence-electron chi connectivity index (χ2n) is 3.86. The molecule has 0 radical (unpaired) electrons. The molecule has 6 nitrogen and oxygen atoms in total. The molecular weight excluding hydrogens is 218 g/mol. The minimum Gasteiger partial charge on any atom is -0.409 e. The normalized spacial score (nSPS) is 11.5. The molecule has 0 bridgehead atoms. The fourth-order valence-corrected chi connectivity index (χ4v) is 1.43. The number of rotatable bonds is 6. The molecular formula is C11H19N5O. The Labute approximate surface area is 101 Å². The van der Waals surface area contributed by atoms with Gasteiger partial charge >= 0.3 is 0 Å². The molecule has 0 saturated heterocycles. The average molecular weight is 237 g/mol. The second-order valence-corrected chi connectivity index (χ2v) is 3.86. The van der Waals surface area contributed by atoms with Crippen LogP contribution in [0.15, 0.2) is 17.4 Å². The molecule has 0 amide bonds. The SMILES string of the molecule is CCCCCN(C)c1nccc(/C(N)=N/O)n1. The zero-order valence-corrected chi connectivity index (χ0v) is 10.3. The number of amidine groups is 1. The second kappa shape index (κ2) is 6.67. The summed E-state index contributed by atoms with van der Waals surface area (Å²) >= 11 is 0. The highest BCUT2D eigenvalue weighted by atomic mass is 16.4. The molecule has 0 aliphatic rings. The van der Waals surface area contributed by atoms with E-state index in [9.17, 15) is 0 Å². The highest BCUT2D eigenvalue weighted by Crippen LogP contribution is 2.07. The number of nitrogens with zero attached hydrogens (tertiary/aromatic N) is 4. The van der Waals surface area contributed by atoms with E-state index in [0.29, 0.717) is 11.6 Å². The summed E-state index contributed by atoms with van der Waals surface area (Å²) in [6, 6.07) is 1.61. The molecule has 1 aromatic rings. The number of aromatic nitrogens is 2. The fourth-order valence-electron chi connectivity index (χ4n) is 1.43. The van der Waals surface area contributed by atoms with E-state index in [1.54, 1.807) is 12.3 Å².